The molecule has 3 N–H and O–H groups in total. The molecule has 0 heterocycles. The average molecular weight is 404 g/mol. The number of rotatable bonds is 6. The van der Waals surface area contributed by atoms with Crippen molar-refractivity contribution in [3.8, 4) is 0 Å². The Bertz CT molecular complexity index is 534. The topological polar surface area (TPSA) is 53.2 Å². The van der Waals surface area contributed by atoms with Gasteiger partial charge in [0.25, 0.3) is 5.91 Å². The number of hydrogen-bond acceptors (Lipinski definition) is 3. The summed E-state index contributed by atoms with van der Waals surface area (Å²) in [7, 11) is 0. The maximum atomic E-state index is 12.0. The molecule has 1 aromatic carbocycles. The minimum atomic E-state index is -0.188. The van der Waals surface area contributed by atoms with Crippen LogP contribution >= 0.6 is 34.2 Å². The Balaban J connectivity index is 1.88. The molecule has 1 aliphatic carbocycles. The molecular weight excluding hydrogens is 389 g/mol. The average Bonchev–Trinajstić information content (AvgIpc) is 3.27. The number of hydrogen-bond donors (Lipinski definition) is 3. The highest BCUT2D eigenvalue weighted by Crippen LogP contribution is 2.29. The van der Waals surface area contributed by atoms with Crippen molar-refractivity contribution < 1.29 is 4.79 Å². The second kappa shape index (κ2) is 7.54. The predicted octanol–water partition coefficient (Wildman–Crippen LogP) is 3.12. The summed E-state index contributed by atoms with van der Waals surface area (Å²) in [6, 6.07) is 6.77. The highest BCUT2D eigenvalue weighted by atomic mass is 127. The molecule has 6 heteroatoms. The van der Waals surface area contributed by atoms with Crippen molar-refractivity contribution in [2.45, 2.75) is 12.8 Å². The van der Waals surface area contributed by atoms with Crippen molar-refractivity contribution in [1.29, 1.82) is 0 Å². The maximum Gasteiger partial charge on any atom is 0.269 e. The van der Waals surface area contributed by atoms with Gasteiger partial charge in [0.1, 0.15) is 5.82 Å². The molecule has 4 nitrogen and oxygen atoms in total. The van der Waals surface area contributed by atoms with Gasteiger partial charge in [0, 0.05) is 17.1 Å². The molecule has 1 fully saturated rings. The van der Waals surface area contributed by atoms with Crippen molar-refractivity contribution in [2.24, 2.45) is 0 Å². The zero-order valence-corrected chi connectivity index (χ0v) is 13.7. The fourth-order valence-corrected chi connectivity index (χ4v) is 1.95. The summed E-state index contributed by atoms with van der Waals surface area (Å²) in [4.78, 5) is 12.0. The van der Waals surface area contributed by atoms with Gasteiger partial charge in [0.05, 0.1) is 0 Å². The van der Waals surface area contributed by atoms with Crippen LogP contribution < -0.4 is 16.2 Å². The number of benzene rings is 1. The highest BCUT2D eigenvalue weighted by Gasteiger charge is 2.18. The number of halogens is 2. The fraction of sp³-hybridized carbons (Fsp3) is 0.214. The van der Waals surface area contributed by atoms with E-state index in [4.69, 9.17) is 11.6 Å². The first-order valence-corrected chi connectivity index (χ1v) is 7.86. The summed E-state index contributed by atoms with van der Waals surface area (Å²) in [5.41, 5.74) is 7.50. The molecule has 0 spiro atoms. The van der Waals surface area contributed by atoms with E-state index in [1.165, 1.54) is 5.57 Å². The second-order valence-corrected chi connectivity index (χ2v) is 5.46. The van der Waals surface area contributed by atoms with E-state index in [9.17, 15) is 4.79 Å². The Morgan fingerprint density at radius 1 is 1.25 bits per heavy atom. The largest absolute Gasteiger partial charge is 0.367 e. The van der Waals surface area contributed by atoms with E-state index >= 15 is 0 Å². The Morgan fingerprint density at radius 2 is 1.95 bits per heavy atom. The van der Waals surface area contributed by atoms with Gasteiger partial charge < -0.3 is 5.32 Å². The summed E-state index contributed by atoms with van der Waals surface area (Å²) in [5, 5.41) is 3.85. The molecule has 2 rings (SSSR count). The van der Waals surface area contributed by atoms with Crippen molar-refractivity contribution in [2.75, 3.05) is 6.54 Å². The molecule has 1 aromatic rings. The number of hydrazine groups is 1. The Hall–Kier alpha value is -1.21. The van der Waals surface area contributed by atoms with Crippen LogP contribution in [0.4, 0.5) is 0 Å². The third kappa shape index (κ3) is 4.72. The Labute approximate surface area is 136 Å². The molecule has 0 aliphatic heterocycles. The van der Waals surface area contributed by atoms with E-state index in [2.05, 4.69) is 38.8 Å². The van der Waals surface area contributed by atoms with Crippen LogP contribution in [0.5, 0.6) is 0 Å². The summed E-state index contributed by atoms with van der Waals surface area (Å²) in [6.45, 7) is 0.728. The molecule has 1 amide bonds. The van der Waals surface area contributed by atoms with Crippen molar-refractivity contribution in [3.05, 3.63) is 56.4 Å². The van der Waals surface area contributed by atoms with Gasteiger partial charge in [0.2, 0.25) is 0 Å². The third-order valence-corrected chi connectivity index (χ3v) is 3.51. The zero-order chi connectivity index (χ0) is 14.4. The quantitative estimate of drug-likeness (QED) is 0.505. The molecule has 0 aromatic heterocycles. The van der Waals surface area contributed by atoms with E-state index < -0.39 is 0 Å². The number of carbonyl (C=O) groups is 1. The first kappa shape index (κ1) is 15.2. The maximum absolute atomic E-state index is 12.0. The SMILES string of the molecule is O=C(NNC(NC/C=C/I)=C1CC1)c1ccc(Cl)cc1. The van der Waals surface area contributed by atoms with Crippen molar-refractivity contribution >= 4 is 40.1 Å². The summed E-state index contributed by atoms with van der Waals surface area (Å²) in [6.07, 6.45) is 4.15. The normalized spacial score (nSPS) is 13.2. The lowest BCUT2D eigenvalue weighted by Gasteiger charge is -2.13. The van der Waals surface area contributed by atoms with E-state index in [0.717, 1.165) is 25.2 Å². The van der Waals surface area contributed by atoms with Crippen LogP contribution in [0.2, 0.25) is 5.02 Å². The molecule has 0 bridgehead atoms. The van der Waals surface area contributed by atoms with Crippen molar-refractivity contribution in [3.63, 3.8) is 0 Å². The van der Waals surface area contributed by atoms with Crippen LogP contribution in [0.3, 0.4) is 0 Å². The number of nitrogens with one attached hydrogen (secondary N) is 3. The number of carbonyl (C=O) groups excluding carboxylic acids is 1. The van der Waals surface area contributed by atoms with E-state index in [-0.39, 0.29) is 5.91 Å². The predicted molar refractivity (Wildman–Crippen MR) is 89.5 cm³/mol. The van der Waals surface area contributed by atoms with E-state index in [1.54, 1.807) is 24.3 Å². The smallest absolute Gasteiger partial charge is 0.269 e. The number of amides is 1. The fourth-order valence-electron chi connectivity index (χ4n) is 1.57. The molecule has 0 atom stereocenters. The van der Waals surface area contributed by atoms with Gasteiger partial charge in [-0.05, 0) is 46.8 Å². The van der Waals surface area contributed by atoms with Crippen LogP contribution in [0.15, 0.2) is 45.8 Å². The van der Waals surface area contributed by atoms with Crippen LogP contribution in [0, 0.1) is 0 Å². The van der Waals surface area contributed by atoms with Gasteiger partial charge in [-0.15, -0.1) is 0 Å². The number of allylic oxidation sites excluding steroid dienone is 1. The molecule has 0 radical (unpaired) electrons. The Morgan fingerprint density at radius 3 is 2.55 bits per heavy atom. The molecule has 0 saturated heterocycles. The lowest BCUT2D eigenvalue weighted by Crippen LogP contribution is -2.41. The summed E-state index contributed by atoms with van der Waals surface area (Å²) >= 11 is 7.96. The van der Waals surface area contributed by atoms with Crippen molar-refractivity contribution in [1.82, 2.24) is 16.2 Å². The molecular formula is C14H15ClIN3O. The monoisotopic (exact) mass is 403 g/mol. The van der Waals surface area contributed by atoms with Crippen LogP contribution in [-0.2, 0) is 0 Å². The molecule has 0 unspecified atom stereocenters. The standard InChI is InChI=1S/C14H15ClIN3O/c15-12-6-4-11(5-7-12)14(20)19-18-13(10-2-3-10)17-9-1-8-16/h1,4-8,17-18H,2-3,9H2,(H,19,20)/b8-1+. The second-order valence-electron chi connectivity index (χ2n) is 4.31. The molecule has 1 aliphatic rings. The molecule has 20 heavy (non-hydrogen) atoms. The minimum absolute atomic E-state index is 0.188. The summed E-state index contributed by atoms with van der Waals surface area (Å²) < 4.78 is 1.95. The lowest BCUT2D eigenvalue weighted by atomic mass is 10.2. The lowest BCUT2D eigenvalue weighted by molar-refractivity contribution is 0.0937. The van der Waals surface area contributed by atoms with Gasteiger partial charge >= 0.3 is 0 Å². The summed E-state index contributed by atoms with van der Waals surface area (Å²) in [5.74, 6) is 0.702. The molecule has 106 valence electrons. The van der Waals surface area contributed by atoms with Gasteiger partial charge in [-0.3, -0.25) is 15.6 Å². The van der Waals surface area contributed by atoms with Gasteiger partial charge in [-0.1, -0.05) is 40.3 Å². The van der Waals surface area contributed by atoms with Crippen LogP contribution in [0.1, 0.15) is 23.2 Å². The molecule has 1 saturated carbocycles. The van der Waals surface area contributed by atoms with Gasteiger partial charge in [-0.2, -0.15) is 0 Å². The van der Waals surface area contributed by atoms with Gasteiger partial charge in [0.15, 0.2) is 0 Å². The minimum Gasteiger partial charge on any atom is -0.367 e. The highest BCUT2D eigenvalue weighted by molar-refractivity contribution is 14.1. The van der Waals surface area contributed by atoms with E-state index in [1.807, 2.05) is 10.2 Å². The Kier molecular flexibility index (Phi) is 5.72. The van der Waals surface area contributed by atoms with Crippen LogP contribution in [-0.4, -0.2) is 12.5 Å². The van der Waals surface area contributed by atoms with E-state index in [0.29, 0.717) is 10.6 Å². The first-order valence-electron chi connectivity index (χ1n) is 6.23. The van der Waals surface area contributed by atoms with Crippen LogP contribution in [0.25, 0.3) is 0 Å². The third-order valence-electron chi connectivity index (χ3n) is 2.75. The van der Waals surface area contributed by atoms with Gasteiger partial charge in [-0.25, -0.2) is 0 Å². The zero-order valence-electron chi connectivity index (χ0n) is 10.7. The first-order chi connectivity index (χ1) is 9.70.